The lowest BCUT2D eigenvalue weighted by Crippen LogP contribution is -2.58. The van der Waals surface area contributed by atoms with E-state index in [0.717, 1.165) is 32.1 Å². The zero-order valence-corrected chi connectivity index (χ0v) is 19.6. The van der Waals surface area contributed by atoms with E-state index in [1.165, 1.54) is 25.7 Å². The second-order valence-corrected chi connectivity index (χ2v) is 11.8. The first-order valence-corrected chi connectivity index (χ1v) is 12.7. The average Bonchev–Trinajstić information content (AvgIpc) is 3.05. The summed E-state index contributed by atoms with van der Waals surface area (Å²) >= 11 is 0. The Morgan fingerprint density at radius 2 is 1.73 bits per heavy atom. The zero-order chi connectivity index (χ0) is 21.7. The van der Waals surface area contributed by atoms with E-state index >= 15 is 0 Å². The van der Waals surface area contributed by atoms with E-state index in [1.807, 2.05) is 6.92 Å². The lowest BCUT2D eigenvalue weighted by Gasteiger charge is -2.62. The van der Waals surface area contributed by atoms with E-state index in [0.29, 0.717) is 48.5 Å². The molecule has 0 bridgehead atoms. The Morgan fingerprint density at radius 1 is 1.03 bits per heavy atom. The van der Waals surface area contributed by atoms with E-state index in [9.17, 15) is 15.0 Å². The summed E-state index contributed by atoms with van der Waals surface area (Å²) in [6, 6.07) is 0. The molecule has 0 aliphatic heterocycles. The van der Waals surface area contributed by atoms with Gasteiger partial charge in [-0.1, -0.05) is 20.8 Å². The van der Waals surface area contributed by atoms with E-state index in [1.54, 1.807) is 0 Å². The molecular formula is C26H44O4. The van der Waals surface area contributed by atoms with Crippen LogP contribution >= 0.6 is 0 Å². The zero-order valence-electron chi connectivity index (χ0n) is 19.6. The molecule has 0 aromatic rings. The molecule has 172 valence electrons. The smallest absolute Gasteiger partial charge is 0.305 e. The third-order valence-corrected chi connectivity index (χ3v) is 10.5. The van der Waals surface area contributed by atoms with Crippen LogP contribution in [-0.4, -0.2) is 35.0 Å². The second kappa shape index (κ2) is 8.39. The molecule has 0 amide bonds. The maximum absolute atomic E-state index is 11.9. The van der Waals surface area contributed by atoms with Crippen LogP contribution in [0.3, 0.4) is 0 Å². The van der Waals surface area contributed by atoms with Gasteiger partial charge in [-0.2, -0.15) is 0 Å². The summed E-state index contributed by atoms with van der Waals surface area (Å²) in [4.78, 5) is 11.9. The van der Waals surface area contributed by atoms with Crippen molar-refractivity contribution in [3.05, 3.63) is 0 Å². The van der Waals surface area contributed by atoms with Gasteiger partial charge in [0.05, 0.1) is 18.8 Å². The topological polar surface area (TPSA) is 66.8 Å². The van der Waals surface area contributed by atoms with Crippen molar-refractivity contribution in [2.24, 2.45) is 46.3 Å². The molecule has 4 heteroatoms. The summed E-state index contributed by atoms with van der Waals surface area (Å²) in [6.45, 7) is 9.65. The highest BCUT2D eigenvalue weighted by atomic mass is 16.5. The predicted molar refractivity (Wildman–Crippen MR) is 118 cm³/mol. The van der Waals surface area contributed by atoms with Gasteiger partial charge in [-0.05, 0) is 111 Å². The van der Waals surface area contributed by atoms with Gasteiger partial charge in [-0.15, -0.1) is 0 Å². The van der Waals surface area contributed by atoms with E-state index in [2.05, 4.69) is 20.8 Å². The molecular weight excluding hydrogens is 376 g/mol. The summed E-state index contributed by atoms with van der Waals surface area (Å²) in [7, 11) is 0. The minimum Gasteiger partial charge on any atom is -0.466 e. The molecule has 4 unspecified atom stereocenters. The molecule has 2 N–H and O–H groups in total. The molecule has 4 rings (SSSR count). The van der Waals surface area contributed by atoms with Gasteiger partial charge in [-0.25, -0.2) is 0 Å². The van der Waals surface area contributed by atoms with Crippen LogP contribution in [-0.2, 0) is 9.53 Å². The Balaban J connectivity index is 1.49. The number of aliphatic hydroxyl groups is 2. The van der Waals surface area contributed by atoms with Gasteiger partial charge in [0.2, 0.25) is 0 Å². The number of hydrogen-bond donors (Lipinski definition) is 2. The molecule has 0 saturated heterocycles. The monoisotopic (exact) mass is 420 g/mol. The van der Waals surface area contributed by atoms with Crippen LogP contribution in [0.5, 0.6) is 0 Å². The molecule has 4 saturated carbocycles. The first-order valence-electron chi connectivity index (χ1n) is 12.7. The van der Waals surface area contributed by atoms with Gasteiger partial charge in [0.25, 0.3) is 0 Å². The average molecular weight is 421 g/mol. The highest BCUT2D eigenvalue weighted by Gasteiger charge is 2.62. The second-order valence-electron chi connectivity index (χ2n) is 11.8. The molecule has 10 atom stereocenters. The first-order chi connectivity index (χ1) is 14.2. The number of rotatable bonds is 5. The van der Waals surface area contributed by atoms with Crippen LogP contribution in [0.15, 0.2) is 0 Å². The van der Waals surface area contributed by atoms with Gasteiger partial charge < -0.3 is 14.9 Å². The molecule has 0 radical (unpaired) electrons. The Bertz CT molecular complexity index is 635. The van der Waals surface area contributed by atoms with Crippen molar-refractivity contribution in [3.63, 3.8) is 0 Å². The fourth-order valence-corrected chi connectivity index (χ4v) is 8.96. The van der Waals surface area contributed by atoms with Crippen LogP contribution in [0, 0.1) is 46.3 Å². The highest BCUT2D eigenvalue weighted by Crippen LogP contribution is 2.68. The third kappa shape index (κ3) is 3.64. The van der Waals surface area contributed by atoms with Gasteiger partial charge in [0.15, 0.2) is 0 Å². The number of hydrogen-bond acceptors (Lipinski definition) is 4. The molecule has 0 heterocycles. The Hall–Kier alpha value is -0.610. The SMILES string of the molecule is CCOC(=O)CCC(C)[C@H]1CCC2C3C(CC[C@@]21C)[C@@]1(C)CC[C@@H](O)C[C@H]1C[C@H]3O. The Kier molecular flexibility index (Phi) is 6.31. The number of fused-ring (bicyclic) bond motifs is 5. The fraction of sp³-hybridized carbons (Fsp3) is 0.962. The molecule has 0 aromatic carbocycles. The van der Waals surface area contributed by atoms with Gasteiger partial charge >= 0.3 is 5.97 Å². The van der Waals surface area contributed by atoms with Crippen LogP contribution in [0.25, 0.3) is 0 Å². The first kappa shape index (κ1) is 22.6. The van der Waals surface area contributed by atoms with Crippen molar-refractivity contribution >= 4 is 5.97 Å². The van der Waals surface area contributed by atoms with E-state index in [4.69, 9.17) is 4.74 Å². The van der Waals surface area contributed by atoms with Gasteiger partial charge in [-0.3, -0.25) is 4.79 Å². The standard InChI is InChI=1S/C26H44O4/c1-5-30-23(29)9-6-16(2)19-7-8-20-24-21(11-13-26(19,20)4)25(3)12-10-18(27)14-17(25)15-22(24)28/h16-22,24,27-28H,5-15H2,1-4H3/t16?,17-,18+,19+,20?,21?,22+,24?,25-,26+/m0/s1. The van der Waals surface area contributed by atoms with Crippen molar-refractivity contribution in [3.8, 4) is 0 Å². The lowest BCUT2D eigenvalue weighted by atomic mass is 9.43. The maximum atomic E-state index is 11.9. The molecule has 4 aliphatic carbocycles. The Morgan fingerprint density at radius 3 is 2.47 bits per heavy atom. The summed E-state index contributed by atoms with van der Waals surface area (Å²) < 4.78 is 5.15. The summed E-state index contributed by atoms with van der Waals surface area (Å²) in [5, 5.41) is 21.6. The normalized spacial score (nSPS) is 48.9. The summed E-state index contributed by atoms with van der Waals surface area (Å²) in [5.74, 6) is 3.20. The van der Waals surface area contributed by atoms with Crippen LogP contribution in [0.2, 0.25) is 0 Å². The third-order valence-electron chi connectivity index (χ3n) is 10.5. The minimum absolute atomic E-state index is 0.0612. The van der Waals surface area contributed by atoms with Crippen molar-refractivity contribution in [2.75, 3.05) is 6.61 Å². The summed E-state index contributed by atoms with van der Waals surface area (Å²) in [5.41, 5.74) is 0.575. The van der Waals surface area contributed by atoms with Gasteiger partial charge in [0, 0.05) is 6.42 Å². The molecule has 4 fully saturated rings. The van der Waals surface area contributed by atoms with Crippen molar-refractivity contribution < 1.29 is 19.7 Å². The number of carbonyl (C=O) groups excluding carboxylic acids is 1. The fourth-order valence-electron chi connectivity index (χ4n) is 8.96. The highest BCUT2D eigenvalue weighted by molar-refractivity contribution is 5.69. The summed E-state index contributed by atoms with van der Waals surface area (Å²) in [6.07, 6.45) is 9.82. The number of ether oxygens (including phenoxy) is 1. The van der Waals surface area contributed by atoms with E-state index < -0.39 is 0 Å². The van der Waals surface area contributed by atoms with Crippen molar-refractivity contribution in [1.82, 2.24) is 0 Å². The largest absolute Gasteiger partial charge is 0.466 e. The van der Waals surface area contributed by atoms with Crippen LogP contribution in [0.4, 0.5) is 0 Å². The molecule has 4 aliphatic rings. The predicted octanol–water partition coefficient (Wildman–Crippen LogP) is 4.96. The molecule has 0 aromatic heterocycles. The quantitative estimate of drug-likeness (QED) is 0.617. The van der Waals surface area contributed by atoms with Crippen molar-refractivity contribution in [2.45, 2.75) is 104 Å². The minimum atomic E-state index is -0.211. The van der Waals surface area contributed by atoms with Gasteiger partial charge in [0.1, 0.15) is 0 Å². The maximum Gasteiger partial charge on any atom is 0.305 e. The molecule has 30 heavy (non-hydrogen) atoms. The Labute approximate surface area is 183 Å². The molecule has 4 nitrogen and oxygen atoms in total. The van der Waals surface area contributed by atoms with Crippen LogP contribution in [0.1, 0.15) is 91.9 Å². The van der Waals surface area contributed by atoms with E-state index in [-0.39, 0.29) is 29.0 Å². The van der Waals surface area contributed by atoms with Crippen molar-refractivity contribution in [1.29, 1.82) is 0 Å². The number of esters is 1. The van der Waals surface area contributed by atoms with Crippen LogP contribution < -0.4 is 0 Å². The number of aliphatic hydroxyl groups excluding tert-OH is 2. The number of carbonyl (C=O) groups is 1. The molecule has 0 spiro atoms. The lowest BCUT2D eigenvalue weighted by molar-refractivity contribution is -0.174.